The Morgan fingerprint density at radius 1 is 1.27 bits per heavy atom. The fourth-order valence-corrected chi connectivity index (χ4v) is 1.78. The summed E-state index contributed by atoms with van der Waals surface area (Å²) in [6.45, 7) is 6.17. The van der Waals surface area contributed by atoms with Gasteiger partial charge in [-0.2, -0.15) is 0 Å². The second kappa shape index (κ2) is 3.54. The first kappa shape index (κ1) is 9.97. The number of aromatic nitrogens is 1. The van der Waals surface area contributed by atoms with Crippen LogP contribution in [0.1, 0.15) is 23.7 Å². The molecule has 0 atom stereocenters. The fraction of sp³-hybridized carbons (Fsp3) is 0.308. The predicted octanol–water partition coefficient (Wildman–Crippen LogP) is 3.00. The second-order valence-electron chi connectivity index (χ2n) is 3.94. The van der Waals surface area contributed by atoms with Crippen molar-refractivity contribution in [1.29, 1.82) is 0 Å². The van der Waals surface area contributed by atoms with Crippen LogP contribution in [-0.2, 0) is 6.42 Å². The van der Waals surface area contributed by atoms with Crippen LogP contribution in [0.25, 0.3) is 10.9 Å². The van der Waals surface area contributed by atoms with E-state index in [1.807, 2.05) is 13.8 Å². The number of nitrogen functional groups attached to an aromatic ring is 1. The molecule has 0 aliphatic carbocycles. The van der Waals surface area contributed by atoms with Gasteiger partial charge in [-0.3, -0.25) is 4.98 Å². The lowest BCUT2D eigenvalue weighted by Crippen LogP contribution is -1.98. The summed E-state index contributed by atoms with van der Waals surface area (Å²) in [5.74, 6) is 0. The lowest BCUT2D eigenvalue weighted by atomic mass is 10.0. The number of fused-ring (bicyclic) bond motifs is 1. The van der Waals surface area contributed by atoms with Crippen LogP contribution < -0.4 is 5.73 Å². The molecule has 2 nitrogen and oxygen atoms in total. The Morgan fingerprint density at radius 2 is 2.00 bits per heavy atom. The lowest BCUT2D eigenvalue weighted by Gasteiger charge is -2.09. The molecular formula is C13H16N2. The fourth-order valence-electron chi connectivity index (χ4n) is 1.78. The molecule has 2 heteroatoms. The predicted molar refractivity (Wildman–Crippen MR) is 65.0 cm³/mol. The van der Waals surface area contributed by atoms with E-state index >= 15 is 0 Å². The van der Waals surface area contributed by atoms with Crippen molar-refractivity contribution >= 4 is 16.6 Å². The Kier molecular flexibility index (Phi) is 2.35. The van der Waals surface area contributed by atoms with Gasteiger partial charge in [0.25, 0.3) is 0 Å². The first-order valence-electron chi connectivity index (χ1n) is 5.28. The van der Waals surface area contributed by atoms with E-state index in [1.54, 1.807) is 0 Å². The molecule has 2 rings (SSSR count). The van der Waals surface area contributed by atoms with E-state index in [9.17, 15) is 0 Å². The molecule has 0 saturated carbocycles. The monoisotopic (exact) mass is 200 g/mol. The molecule has 78 valence electrons. The zero-order chi connectivity index (χ0) is 11.0. The number of benzene rings is 1. The van der Waals surface area contributed by atoms with Crippen LogP contribution >= 0.6 is 0 Å². The zero-order valence-electron chi connectivity index (χ0n) is 9.46. The van der Waals surface area contributed by atoms with E-state index in [0.717, 1.165) is 34.3 Å². The van der Waals surface area contributed by atoms with E-state index in [1.165, 1.54) is 5.56 Å². The Bertz CT molecular complexity index is 515. The molecule has 2 aromatic rings. The first-order valence-corrected chi connectivity index (χ1v) is 5.28. The average molecular weight is 200 g/mol. The van der Waals surface area contributed by atoms with Crippen molar-refractivity contribution < 1.29 is 0 Å². The number of pyridine rings is 1. The summed E-state index contributed by atoms with van der Waals surface area (Å²) >= 11 is 0. The largest absolute Gasteiger partial charge is 0.398 e. The van der Waals surface area contributed by atoms with Gasteiger partial charge >= 0.3 is 0 Å². The van der Waals surface area contributed by atoms with Gasteiger partial charge in [-0.05, 0) is 43.5 Å². The molecular weight excluding hydrogens is 184 g/mol. The zero-order valence-corrected chi connectivity index (χ0v) is 9.46. The number of anilines is 1. The van der Waals surface area contributed by atoms with Crippen LogP contribution in [0.5, 0.6) is 0 Å². The van der Waals surface area contributed by atoms with Gasteiger partial charge in [-0.15, -0.1) is 0 Å². The van der Waals surface area contributed by atoms with Crippen LogP contribution in [0.2, 0.25) is 0 Å². The second-order valence-corrected chi connectivity index (χ2v) is 3.94. The molecule has 0 saturated heterocycles. The summed E-state index contributed by atoms with van der Waals surface area (Å²) in [6.07, 6.45) is 1.03. The molecule has 0 radical (unpaired) electrons. The van der Waals surface area contributed by atoms with Crippen molar-refractivity contribution in [3.05, 3.63) is 35.0 Å². The van der Waals surface area contributed by atoms with Crippen LogP contribution in [0.15, 0.2) is 18.2 Å². The van der Waals surface area contributed by atoms with E-state index < -0.39 is 0 Å². The highest BCUT2D eigenvalue weighted by Gasteiger charge is 2.06. The van der Waals surface area contributed by atoms with Crippen LogP contribution in [-0.4, -0.2) is 4.98 Å². The van der Waals surface area contributed by atoms with E-state index in [2.05, 4.69) is 30.1 Å². The van der Waals surface area contributed by atoms with Crippen LogP contribution in [0, 0.1) is 13.8 Å². The van der Waals surface area contributed by atoms with Crippen LogP contribution in [0.4, 0.5) is 5.69 Å². The average Bonchev–Trinajstić information content (AvgIpc) is 2.26. The Labute approximate surface area is 90.1 Å². The van der Waals surface area contributed by atoms with E-state index in [4.69, 9.17) is 5.73 Å². The first-order chi connectivity index (χ1) is 7.13. The maximum atomic E-state index is 6.10. The third kappa shape index (κ3) is 1.56. The van der Waals surface area contributed by atoms with Gasteiger partial charge in [0.15, 0.2) is 0 Å². The smallest absolute Gasteiger partial charge is 0.0726 e. The molecule has 0 amide bonds. The standard InChI is InChI=1S/C13H16N2/c1-4-10-5-6-12-11(7-10)13(14)8(2)9(3)15-12/h5-7H,4H2,1-3H3,(H2,14,15). The Morgan fingerprint density at radius 3 is 2.67 bits per heavy atom. The van der Waals surface area contributed by atoms with Crippen LogP contribution in [0.3, 0.4) is 0 Å². The maximum Gasteiger partial charge on any atom is 0.0726 e. The van der Waals surface area contributed by atoms with Crippen molar-refractivity contribution in [2.75, 3.05) is 5.73 Å². The highest BCUT2D eigenvalue weighted by atomic mass is 14.7. The number of aryl methyl sites for hydroxylation is 2. The molecule has 15 heavy (non-hydrogen) atoms. The van der Waals surface area contributed by atoms with Crippen molar-refractivity contribution in [2.24, 2.45) is 0 Å². The van der Waals surface area contributed by atoms with E-state index in [-0.39, 0.29) is 0 Å². The van der Waals surface area contributed by atoms with Gasteiger partial charge in [0.2, 0.25) is 0 Å². The maximum absolute atomic E-state index is 6.10. The summed E-state index contributed by atoms with van der Waals surface area (Å²) in [5.41, 5.74) is 11.4. The number of hydrogen-bond donors (Lipinski definition) is 1. The quantitative estimate of drug-likeness (QED) is 0.768. The van der Waals surface area contributed by atoms with E-state index in [0.29, 0.717) is 0 Å². The third-order valence-electron chi connectivity index (χ3n) is 2.99. The molecule has 0 bridgehead atoms. The van der Waals surface area contributed by atoms with Crippen molar-refractivity contribution in [3.8, 4) is 0 Å². The molecule has 1 aromatic carbocycles. The van der Waals surface area contributed by atoms with Gasteiger partial charge in [0, 0.05) is 16.8 Å². The molecule has 0 fully saturated rings. The van der Waals surface area contributed by atoms with Gasteiger partial charge in [0.1, 0.15) is 0 Å². The molecule has 0 unspecified atom stereocenters. The normalized spacial score (nSPS) is 10.9. The number of nitrogens with zero attached hydrogens (tertiary/aromatic N) is 1. The molecule has 0 aliphatic rings. The number of rotatable bonds is 1. The Balaban J connectivity index is 2.81. The summed E-state index contributed by atoms with van der Waals surface area (Å²) in [4.78, 5) is 4.53. The summed E-state index contributed by atoms with van der Waals surface area (Å²) in [6, 6.07) is 6.31. The number of nitrogens with two attached hydrogens (primary N) is 1. The third-order valence-corrected chi connectivity index (χ3v) is 2.99. The SMILES string of the molecule is CCc1ccc2nc(C)c(C)c(N)c2c1. The lowest BCUT2D eigenvalue weighted by molar-refractivity contribution is 1.14. The molecule has 0 spiro atoms. The Hall–Kier alpha value is -1.57. The summed E-state index contributed by atoms with van der Waals surface area (Å²) in [7, 11) is 0. The summed E-state index contributed by atoms with van der Waals surface area (Å²) < 4.78 is 0. The molecule has 1 aromatic heterocycles. The molecule has 2 N–H and O–H groups in total. The van der Waals surface area contributed by atoms with Gasteiger partial charge in [-0.1, -0.05) is 13.0 Å². The van der Waals surface area contributed by atoms with Crippen molar-refractivity contribution in [1.82, 2.24) is 4.98 Å². The molecule has 1 heterocycles. The number of hydrogen-bond acceptors (Lipinski definition) is 2. The van der Waals surface area contributed by atoms with Gasteiger partial charge < -0.3 is 5.73 Å². The highest BCUT2D eigenvalue weighted by Crippen LogP contribution is 2.25. The van der Waals surface area contributed by atoms with Crippen molar-refractivity contribution in [2.45, 2.75) is 27.2 Å². The summed E-state index contributed by atoms with van der Waals surface area (Å²) in [5, 5.41) is 1.08. The minimum Gasteiger partial charge on any atom is -0.398 e. The minimum atomic E-state index is 0.868. The van der Waals surface area contributed by atoms with Gasteiger partial charge in [0.05, 0.1) is 5.52 Å². The van der Waals surface area contributed by atoms with Crippen molar-refractivity contribution in [3.63, 3.8) is 0 Å². The van der Waals surface area contributed by atoms with Gasteiger partial charge in [-0.25, -0.2) is 0 Å². The highest BCUT2D eigenvalue weighted by molar-refractivity contribution is 5.92. The topological polar surface area (TPSA) is 38.9 Å². The molecule has 0 aliphatic heterocycles. The minimum absolute atomic E-state index is 0.868.